The molecular formula is C13H23N3. The minimum absolute atomic E-state index is 0.0912. The van der Waals surface area contributed by atoms with Gasteiger partial charge in [0.05, 0.1) is 12.1 Å². The van der Waals surface area contributed by atoms with Crippen molar-refractivity contribution in [3.63, 3.8) is 0 Å². The molecule has 0 radical (unpaired) electrons. The summed E-state index contributed by atoms with van der Waals surface area (Å²) in [7, 11) is 0. The van der Waals surface area contributed by atoms with Crippen LogP contribution in [-0.2, 0) is 0 Å². The zero-order valence-corrected chi connectivity index (χ0v) is 10.4. The Labute approximate surface area is 99.0 Å². The maximum Gasteiger partial charge on any atom is 0.0950 e. The van der Waals surface area contributed by atoms with Crippen LogP contribution in [0.3, 0.4) is 0 Å². The van der Waals surface area contributed by atoms with Crippen LogP contribution in [0.2, 0.25) is 0 Å². The van der Waals surface area contributed by atoms with Crippen molar-refractivity contribution < 1.29 is 0 Å². The first-order valence-electron chi connectivity index (χ1n) is 6.69. The van der Waals surface area contributed by atoms with Gasteiger partial charge in [0, 0.05) is 32.2 Å². The first-order chi connectivity index (χ1) is 7.81. The Balaban J connectivity index is 1.78. The predicted octanol–water partition coefficient (Wildman–Crippen LogP) is 1.85. The Morgan fingerprint density at radius 1 is 1.06 bits per heavy atom. The molecule has 1 unspecified atom stereocenters. The quantitative estimate of drug-likeness (QED) is 0.713. The minimum atomic E-state index is 0.0912. The van der Waals surface area contributed by atoms with E-state index < -0.39 is 0 Å². The van der Waals surface area contributed by atoms with Crippen molar-refractivity contribution >= 4 is 0 Å². The Morgan fingerprint density at radius 2 is 1.69 bits per heavy atom. The van der Waals surface area contributed by atoms with Gasteiger partial charge in [0.2, 0.25) is 0 Å². The van der Waals surface area contributed by atoms with Crippen LogP contribution in [0.1, 0.15) is 39.0 Å². The lowest BCUT2D eigenvalue weighted by Crippen LogP contribution is -2.52. The molecule has 1 saturated heterocycles. The van der Waals surface area contributed by atoms with E-state index in [1.165, 1.54) is 32.1 Å². The van der Waals surface area contributed by atoms with Gasteiger partial charge in [-0.15, -0.1) is 0 Å². The first-order valence-corrected chi connectivity index (χ1v) is 6.69. The van der Waals surface area contributed by atoms with Gasteiger partial charge in [-0.2, -0.15) is 5.26 Å². The fraction of sp³-hybridized carbons (Fsp3) is 0.923. The predicted molar refractivity (Wildman–Crippen MR) is 65.1 cm³/mol. The van der Waals surface area contributed by atoms with Crippen molar-refractivity contribution in [2.24, 2.45) is 0 Å². The van der Waals surface area contributed by atoms with Crippen molar-refractivity contribution in [2.45, 2.75) is 51.1 Å². The van der Waals surface area contributed by atoms with Crippen molar-refractivity contribution in [3.05, 3.63) is 0 Å². The number of nitriles is 1. The summed E-state index contributed by atoms with van der Waals surface area (Å²) in [5, 5.41) is 8.90. The molecule has 1 saturated carbocycles. The smallest absolute Gasteiger partial charge is 0.0950 e. The third-order valence-electron chi connectivity index (χ3n) is 4.17. The molecule has 2 rings (SSSR count). The van der Waals surface area contributed by atoms with Crippen LogP contribution in [0.25, 0.3) is 0 Å². The third kappa shape index (κ3) is 2.75. The average molecular weight is 221 g/mol. The van der Waals surface area contributed by atoms with E-state index in [4.69, 9.17) is 5.26 Å². The van der Waals surface area contributed by atoms with Gasteiger partial charge in [-0.25, -0.2) is 0 Å². The highest BCUT2D eigenvalue weighted by Gasteiger charge is 2.26. The van der Waals surface area contributed by atoms with E-state index in [1.807, 2.05) is 6.92 Å². The molecule has 0 amide bonds. The van der Waals surface area contributed by atoms with Crippen LogP contribution < -0.4 is 0 Å². The van der Waals surface area contributed by atoms with Crippen LogP contribution in [-0.4, -0.2) is 48.1 Å². The summed E-state index contributed by atoms with van der Waals surface area (Å²) in [5.74, 6) is 0. The summed E-state index contributed by atoms with van der Waals surface area (Å²) in [6.45, 7) is 6.49. The number of rotatable bonds is 2. The van der Waals surface area contributed by atoms with Gasteiger partial charge < -0.3 is 0 Å². The number of hydrogen-bond acceptors (Lipinski definition) is 3. The Bertz CT molecular complexity index is 244. The second kappa shape index (κ2) is 5.65. The fourth-order valence-electron chi connectivity index (χ4n) is 3.02. The monoisotopic (exact) mass is 221 g/mol. The molecule has 16 heavy (non-hydrogen) atoms. The van der Waals surface area contributed by atoms with E-state index in [1.54, 1.807) is 0 Å². The standard InChI is InChI=1S/C13H23N3/c1-12(11-14)15-7-9-16(10-8-15)13-5-3-2-4-6-13/h12-13H,2-10H2,1H3. The Morgan fingerprint density at radius 3 is 2.25 bits per heavy atom. The van der Waals surface area contributed by atoms with Gasteiger partial charge in [-0.1, -0.05) is 19.3 Å². The van der Waals surface area contributed by atoms with E-state index in [-0.39, 0.29) is 6.04 Å². The maximum atomic E-state index is 8.90. The number of hydrogen-bond donors (Lipinski definition) is 0. The summed E-state index contributed by atoms with van der Waals surface area (Å²) in [4.78, 5) is 4.96. The second-order valence-electron chi connectivity index (χ2n) is 5.17. The molecule has 0 aromatic rings. The van der Waals surface area contributed by atoms with Crippen molar-refractivity contribution in [3.8, 4) is 6.07 Å². The van der Waals surface area contributed by atoms with Crippen LogP contribution >= 0.6 is 0 Å². The first kappa shape index (κ1) is 11.9. The summed E-state index contributed by atoms with van der Waals surface area (Å²) in [6.07, 6.45) is 7.06. The molecule has 0 spiro atoms. The third-order valence-corrected chi connectivity index (χ3v) is 4.17. The van der Waals surface area contributed by atoms with E-state index in [9.17, 15) is 0 Å². The highest BCUT2D eigenvalue weighted by Crippen LogP contribution is 2.23. The molecule has 90 valence electrons. The molecule has 2 aliphatic rings. The normalized spacial score (nSPS) is 27.5. The van der Waals surface area contributed by atoms with Crippen molar-refractivity contribution in [1.29, 1.82) is 5.26 Å². The zero-order valence-electron chi connectivity index (χ0n) is 10.4. The highest BCUT2D eigenvalue weighted by atomic mass is 15.3. The molecule has 2 fully saturated rings. The summed E-state index contributed by atoms with van der Waals surface area (Å²) < 4.78 is 0. The zero-order chi connectivity index (χ0) is 11.4. The van der Waals surface area contributed by atoms with Gasteiger partial charge in [0.25, 0.3) is 0 Å². The number of nitrogens with zero attached hydrogens (tertiary/aromatic N) is 3. The molecule has 1 heterocycles. The molecule has 0 bridgehead atoms. The summed E-state index contributed by atoms with van der Waals surface area (Å²) >= 11 is 0. The van der Waals surface area contributed by atoms with Gasteiger partial charge >= 0.3 is 0 Å². The van der Waals surface area contributed by atoms with Gasteiger partial charge in [-0.3, -0.25) is 9.80 Å². The van der Waals surface area contributed by atoms with Crippen LogP contribution in [0, 0.1) is 11.3 Å². The van der Waals surface area contributed by atoms with E-state index >= 15 is 0 Å². The molecule has 1 aliphatic heterocycles. The molecule has 1 atom stereocenters. The molecule has 0 aromatic carbocycles. The maximum absolute atomic E-state index is 8.90. The summed E-state index contributed by atoms with van der Waals surface area (Å²) in [6, 6.07) is 3.27. The van der Waals surface area contributed by atoms with Crippen molar-refractivity contribution in [1.82, 2.24) is 9.80 Å². The molecule has 0 aromatic heterocycles. The van der Waals surface area contributed by atoms with Crippen LogP contribution in [0.5, 0.6) is 0 Å². The summed E-state index contributed by atoms with van der Waals surface area (Å²) in [5.41, 5.74) is 0. The average Bonchev–Trinajstić information content (AvgIpc) is 2.39. The van der Waals surface area contributed by atoms with Crippen LogP contribution in [0.4, 0.5) is 0 Å². The molecule has 3 heteroatoms. The largest absolute Gasteiger partial charge is 0.298 e. The topological polar surface area (TPSA) is 30.3 Å². The van der Waals surface area contributed by atoms with Gasteiger partial charge in [-0.05, 0) is 19.8 Å². The fourth-order valence-corrected chi connectivity index (χ4v) is 3.02. The number of piperazine rings is 1. The van der Waals surface area contributed by atoms with Gasteiger partial charge in [0.1, 0.15) is 0 Å². The van der Waals surface area contributed by atoms with Crippen molar-refractivity contribution in [2.75, 3.05) is 26.2 Å². The lowest BCUT2D eigenvalue weighted by Gasteiger charge is -2.41. The van der Waals surface area contributed by atoms with Crippen LogP contribution in [0.15, 0.2) is 0 Å². The Hall–Kier alpha value is -0.590. The van der Waals surface area contributed by atoms with Gasteiger partial charge in [0.15, 0.2) is 0 Å². The second-order valence-corrected chi connectivity index (χ2v) is 5.17. The SMILES string of the molecule is CC(C#N)N1CCN(C2CCCCC2)CC1. The molecular weight excluding hydrogens is 198 g/mol. The molecule has 1 aliphatic carbocycles. The lowest BCUT2D eigenvalue weighted by molar-refractivity contribution is 0.0709. The van der Waals surface area contributed by atoms with E-state index in [0.29, 0.717) is 0 Å². The van der Waals surface area contributed by atoms with E-state index in [0.717, 1.165) is 32.2 Å². The lowest BCUT2D eigenvalue weighted by atomic mass is 9.94. The molecule has 3 nitrogen and oxygen atoms in total. The Kier molecular flexibility index (Phi) is 4.20. The van der Waals surface area contributed by atoms with E-state index in [2.05, 4.69) is 15.9 Å². The minimum Gasteiger partial charge on any atom is -0.298 e. The molecule has 0 N–H and O–H groups in total. The highest BCUT2D eigenvalue weighted by molar-refractivity contribution is 4.91.